The number of hydrogen-bond acceptors (Lipinski definition) is 5. The van der Waals surface area contributed by atoms with Crippen molar-refractivity contribution in [2.75, 3.05) is 0 Å². The number of aliphatic carboxylic acids is 1. The van der Waals surface area contributed by atoms with E-state index in [9.17, 15) is 19.5 Å². The van der Waals surface area contributed by atoms with Gasteiger partial charge in [0.05, 0.1) is 12.4 Å². The van der Waals surface area contributed by atoms with E-state index in [4.69, 9.17) is 5.73 Å². The molecule has 0 bridgehead atoms. The summed E-state index contributed by atoms with van der Waals surface area (Å²) in [6.07, 6.45) is 3.71. The molecule has 24 heavy (non-hydrogen) atoms. The van der Waals surface area contributed by atoms with Crippen LogP contribution in [-0.4, -0.2) is 51.0 Å². The number of aromatic nitrogens is 2. The lowest BCUT2D eigenvalue weighted by Crippen LogP contribution is -2.54. The molecule has 1 rings (SSSR count). The molecule has 0 fully saturated rings. The van der Waals surface area contributed by atoms with Crippen LogP contribution in [0.3, 0.4) is 0 Å². The quantitative estimate of drug-likeness (QED) is 0.405. The highest BCUT2D eigenvalue weighted by atomic mass is 16.4. The fourth-order valence-electron chi connectivity index (χ4n) is 2.00. The first-order chi connectivity index (χ1) is 11.3. The molecule has 4 atom stereocenters. The van der Waals surface area contributed by atoms with E-state index < -0.39 is 35.9 Å². The van der Waals surface area contributed by atoms with Gasteiger partial charge < -0.3 is 26.5 Å². The van der Waals surface area contributed by atoms with Gasteiger partial charge in [0, 0.05) is 18.3 Å². The third-order valence-electron chi connectivity index (χ3n) is 3.91. The number of amides is 2. The number of nitrogens with two attached hydrogens (primary N) is 1. The summed E-state index contributed by atoms with van der Waals surface area (Å²) in [5, 5.41) is 14.1. The summed E-state index contributed by atoms with van der Waals surface area (Å²) in [4.78, 5) is 42.0. The van der Waals surface area contributed by atoms with Crippen LogP contribution >= 0.6 is 0 Å². The molecule has 6 N–H and O–H groups in total. The van der Waals surface area contributed by atoms with Crippen LogP contribution in [0.4, 0.5) is 0 Å². The van der Waals surface area contributed by atoms with Crippen LogP contribution in [0, 0.1) is 5.92 Å². The Hall–Kier alpha value is -2.42. The van der Waals surface area contributed by atoms with Crippen LogP contribution in [0.25, 0.3) is 0 Å². The first-order valence-corrected chi connectivity index (χ1v) is 7.82. The van der Waals surface area contributed by atoms with E-state index in [-0.39, 0.29) is 12.3 Å². The zero-order valence-corrected chi connectivity index (χ0v) is 14.1. The van der Waals surface area contributed by atoms with Gasteiger partial charge in [-0.2, -0.15) is 0 Å². The highest BCUT2D eigenvalue weighted by Gasteiger charge is 2.27. The topological polar surface area (TPSA) is 150 Å². The lowest BCUT2D eigenvalue weighted by atomic mass is 9.99. The maximum absolute atomic E-state index is 12.1. The Bertz CT molecular complexity index is 560. The highest BCUT2D eigenvalue weighted by Crippen LogP contribution is 2.05. The van der Waals surface area contributed by atoms with E-state index in [0.29, 0.717) is 5.69 Å². The molecule has 2 amide bonds. The molecule has 9 heteroatoms. The van der Waals surface area contributed by atoms with Gasteiger partial charge in [0.2, 0.25) is 11.8 Å². The smallest absolute Gasteiger partial charge is 0.326 e. The summed E-state index contributed by atoms with van der Waals surface area (Å²) >= 11 is 0. The van der Waals surface area contributed by atoms with Gasteiger partial charge >= 0.3 is 5.97 Å². The van der Waals surface area contributed by atoms with Gasteiger partial charge in [-0.1, -0.05) is 20.3 Å². The molecule has 1 aromatic rings. The number of hydrogen-bond donors (Lipinski definition) is 5. The number of carboxylic acids is 1. The molecular formula is C15H25N5O4. The Morgan fingerprint density at radius 1 is 1.29 bits per heavy atom. The molecule has 0 radical (unpaired) electrons. The molecule has 0 saturated carbocycles. The molecule has 0 aliphatic carbocycles. The molecule has 134 valence electrons. The van der Waals surface area contributed by atoms with Crippen molar-refractivity contribution in [3.8, 4) is 0 Å². The summed E-state index contributed by atoms with van der Waals surface area (Å²) in [6, 6.07) is -2.73. The van der Waals surface area contributed by atoms with Crippen LogP contribution in [0.2, 0.25) is 0 Å². The number of carbonyl (C=O) groups excluding carboxylic acids is 2. The predicted octanol–water partition coefficient (Wildman–Crippen LogP) is -0.600. The van der Waals surface area contributed by atoms with Crippen molar-refractivity contribution in [1.29, 1.82) is 0 Å². The number of imidazole rings is 1. The fraction of sp³-hybridized carbons (Fsp3) is 0.600. The number of carboxylic acid groups (broad SMARTS) is 1. The van der Waals surface area contributed by atoms with Gasteiger partial charge in [-0.05, 0) is 12.8 Å². The number of carbonyl (C=O) groups is 3. The van der Waals surface area contributed by atoms with Crippen molar-refractivity contribution in [2.24, 2.45) is 11.7 Å². The van der Waals surface area contributed by atoms with Gasteiger partial charge in [-0.3, -0.25) is 9.59 Å². The molecule has 0 aliphatic heterocycles. The van der Waals surface area contributed by atoms with Gasteiger partial charge in [0.1, 0.15) is 12.1 Å². The molecular weight excluding hydrogens is 314 g/mol. The molecule has 0 saturated heterocycles. The second kappa shape index (κ2) is 9.02. The Labute approximate surface area is 140 Å². The summed E-state index contributed by atoms with van der Waals surface area (Å²) in [7, 11) is 0. The zero-order chi connectivity index (χ0) is 18.3. The van der Waals surface area contributed by atoms with Crippen LogP contribution in [-0.2, 0) is 20.8 Å². The standard InChI is InChI=1S/C15H25N5O4/c1-4-8(2)12(16)14(22)19-9(3)13(21)20-11(15(23)24)5-10-6-17-7-18-10/h6-9,11-12H,4-5,16H2,1-3H3,(H,17,18)(H,19,22)(H,20,21)(H,23,24). The maximum Gasteiger partial charge on any atom is 0.326 e. The molecule has 4 unspecified atom stereocenters. The van der Waals surface area contributed by atoms with Crippen molar-refractivity contribution in [1.82, 2.24) is 20.6 Å². The number of nitrogens with one attached hydrogen (secondary N) is 3. The zero-order valence-electron chi connectivity index (χ0n) is 14.1. The van der Waals surface area contributed by atoms with Gasteiger partial charge in [-0.25, -0.2) is 9.78 Å². The monoisotopic (exact) mass is 339 g/mol. The minimum Gasteiger partial charge on any atom is -0.480 e. The minimum absolute atomic E-state index is 0.0209. The van der Waals surface area contributed by atoms with Crippen molar-refractivity contribution >= 4 is 17.8 Å². The SMILES string of the molecule is CCC(C)C(N)C(=O)NC(C)C(=O)NC(Cc1cnc[nH]1)C(=O)O. The van der Waals surface area contributed by atoms with Gasteiger partial charge in [-0.15, -0.1) is 0 Å². The molecule has 1 heterocycles. The number of rotatable bonds is 9. The second-order valence-electron chi connectivity index (χ2n) is 5.82. The first-order valence-electron chi connectivity index (χ1n) is 7.82. The van der Waals surface area contributed by atoms with Gasteiger partial charge in [0.25, 0.3) is 0 Å². The lowest BCUT2D eigenvalue weighted by Gasteiger charge is -2.22. The molecule has 0 spiro atoms. The third-order valence-corrected chi connectivity index (χ3v) is 3.91. The van der Waals surface area contributed by atoms with E-state index in [1.165, 1.54) is 19.4 Å². The summed E-state index contributed by atoms with van der Waals surface area (Å²) < 4.78 is 0. The third kappa shape index (κ3) is 5.65. The molecule has 9 nitrogen and oxygen atoms in total. The first kappa shape index (κ1) is 19.6. The van der Waals surface area contributed by atoms with E-state index in [2.05, 4.69) is 20.6 Å². The van der Waals surface area contributed by atoms with Gasteiger partial charge in [0.15, 0.2) is 0 Å². The van der Waals surface area contributed by atoms with Crippen molar-refractivity contribution in [3.05, 3.63) is 18.2 Å². The predicted molar refractivity (Wildman–Crippen MR) is 86.9 cm³/mol. The lowest BCUT2D eigenvalue weighted by molar-refractivity contribution is -0.142. The molecule has 0 aromatic carbocycles. The summed E-state index contributed by atoms with van der Waals surface area (Å²) in [5.74, 6) is -2.22. The van der Waals surface area contributed by atoms with E-state index in [1.54, 1.807) is 0 Å². The van der Waals surface area contributed by atoms with Crippen molar-refractivity contribution < 1.29 is 19.5 Å². The molecule has 0 aliphatic rings. The molecule has 1 aromatic heterocycles. The van der Waals surface area contributed by atoms with E-state index in [0.717, 1.165) is 6.42 Å². The average Bonchev–Trinajstić information content (AvgIpc) is 3.05. The van der Waals surface area contributed by atoms with Crippen molar-refractivity contribution in [3.63, 3.8) is 0 Å². The average molecular weight is 339 g/mol. The van der Waals surface area contributed by atoms with E-state index in [1.807, 2.05) is 13.8 Å². The van der Waals surface area contributed by atoms with Crippen molar-refractivity contribution in [2.45, 2.75) is 51.7 Å². The second-order valence-corrected chi connectivity index (χ2v) is 5.82. The summed E-state index contributed by atoms with van der Waals surface area (Å²) in [6.45, 7) is 5.24. The van der Waals surface area contributed by atoms with Crippen LogP contribution < -0.4 is 16.4 Å². The van der Waals surface area contributed by atoms with Crippen LogP contribution in [0.5, 0.6) is 0 Å². The highest BCUT2D eigenvalue weighted by molar-refractivity contribution is 5.91. The fourth-order valence-corrected chi connectivity index (χ4v) is 2.00. The largest absolute Gasteiger partial charge is 0.480 e. The van der Waals surface area contributed by atoms with Crippen LogP contribution in [0.15, 0.2) is 12.5 Å². The Morgan fingerprint density at radius 3 is 2.46 bits per heavy atom. The maximum atomic E-state index is 12.1. The number of aromatic amines is 1. The van der Waals surface area contributed by atoms with E-state index >= 15 is 0 Å². The number of nitrogens with zero attached hydrogens (tertiary/aromatic N) is 1. The Morgan fingerprint density at radius 2 is 1.96 bits per heavy atom. The Kier molecular flexibility index (Phi) is 7.37. The van der Waals surface area contributed by atoms with Crippen LogP contribution in [0.1, 0.15) is 32.9 Å². The Balaban J connectivity index is 2.60. The normalized spacial score (nSPS) is 15.8. The number of H-pyrrole nitrogens is 1. The minimum atomic E-state index is -1.17. The summed E-state index contributed by atoms with van der Waals surface area (Å²) in [5.41, 5.74) is 6.39.